The van der Waals surface area contributed by atoms with E-state index in [9.17, 15) is 4.79 Å². The molecule has 0 aliphatic rings. The molecule has 0 radical (unpaired) electrons. The van der Waals surface area contributed by atoms with Crippen molar-refractivity contribution in [1.29, 1.82) is 0 Å². The maximum Gasteiger partial charge on any atom is 0.243 e. The summed E-state index contributed by atoms with van der Waals surface area (Å²) in [4.78, 5) is 17.3. The standard InChI is InChI=1S/C14H17N3OS2.ClH/c1-9-8-19-13(16-9)20-11-6-4-10(5-7-11)17-12(18)14(2,3)15;/h4-8H,15H2,1-3H3,(H,17,18);1H. The maximum atomic E-state index is 11.8. The third kappa shape index (κ3) is 5.32. The number of amides is 1. The quantitative estimate of drug-likeness (QED) is 0.888. The first-order valence-corrected chi connectivity index (χ1v) is 7.84. The van der Waals surface area contributed by atoms with E-state index in [4.69, 9.17) is 5.73 Å². The average molecular weight is 344 g/mol. The number of nitrogens with two attached hydrogens (primary N) is 1. The first kappa shape index (κ1) is 18.0. The highest BCUT2D eigenvalue weighted by Gasteiger charge is 2.21. The van der Waals surface area contributed by atoms with Gasteiger partial charge in [-0.15, -0.1) is 23.7 Å². The van der Waals surface area contributed by atoms with Gasteiger partial charge in [0.1, 0.15) is 0 Å². The number of hydrogen-bond acceptors (Lipinski definition) is 5. The zero-order valence-corrected chi connectivity index (χ0v) is 14.5. The molecule has 0 saturated carbocycles. The third-order valence-corrected chi connectivity index (χ3v) is 4.56. The Morgan fingerprint density at radius 2 is 1.95 bits per heavy atom. The largest absolute Gasteiger partial charge is 0.325 e. The predicted molar refractivity (Wildman–Crippen MR) is 91.6 cm³/mol. The average Bonchev–Trinajstić information content (AvgIpc) is 2.76. The van der Waals surface area contributed by atoms with Crippen molar-refractivity contribution in [3.05, 3.63) is 35.3 Å². The summed E-state index contributed by atoms with van der Waals surface area (Å²) in [5, 5.41) is 4.82. The van der Waals surface area contributed by atoms with E-state index < -0.39 is 5.54 Å². The Labute approximate surface area is 139 Å². The van der Waals surface area contributed by atoms with Crippen LogP contribution in [-0.4, -0.2) is 16.4 Å². The van der Waals surface area contributed by atoms with Crippen molar-refractivity contribution in [3.63, 3.8) is 0 Å². The van der Waals surface area contributed by atoms with Gasteiger partial charge in [-0.1, -0.05) is 11.8 Å². The Kier molecular flexibility index (Phi) is 6.22. The molecule has 7 heteroatoms. The number of nitrogens with zero attached hydrogens (tertiary/aromatic N) is 1. The molecule has 1 aromatic carbocycles. The number of rotatable bonds is 4. The van der Waals surface area contributed by atoms with Crippen LogP contribution in [0.2, 0.25) is 0 Å². The highest BCUT2D eigenvalue weighted by atomic mass is 35.5. The Balaban J connectivity index is 0.00000220. The molecule has 21 heavy (non-hydrogen) atoms. The van der Waals surface area contributed by atoms with Gasteiger partial charge in [-0.2, -0.15) is 0 Å². The van der Waals surface area contributed by atoms with Crippen molar-refractivity contribution >= 4 is 47.1 Å². The van der Waals surface area contributed by atoms with Gasteiger partial charge in [-0.3, -0.25) is 4.79 Å². The molecule has 0 spiro atoms. The van der Waals surface area contributed by atoms with E-state index in [0.717, 1.165) is 20.6 Å². The minimum absolute atomic E-state index is 0. The smallest absolute Gasteiger partial charge is 0.243 e. The molecule has 0 unspecified atom stereocenters. The van der Waals surface area contributed by atoms with E-state index in [1.165, 1.54) is 0 Å². The molecule has 3 N–H and O–H groups in total. The lowest BCUT2D eigenvalue weighted by Gasteiger charge is -2.17. The first-order valence-electron chi connectivity index (χ1n) is 6.15. The number of aromatic nitrogens is 1. The normalized spacial score (nSPS) is 10.9. The topological polar surface area (TPSA) is 68.0 Å². The molecule has 0 aliphatic heterocycles. The van der Waals surface area contributed by atoms with Crippen LogP contribution in [0.25, 0.3) is 0 Å². The molecule has 0 aliphatic carbocycles. The maximum absolute atomic E-state index is 11.8. The number of carbonyl (C=O) groups excluding carboxylic acids is 1. The van der Waals surface area contributed by atoms with Crippen molar-refractivity contribution in [1.82, 2.24) is 4.98 Å². The van der Waals surface area contributed by atoms with Crippen LogP contribution in [0.5, 0.6) is 0 Å². The van der Waals surface area contributed by atoms with Gasteiger partial charge in [0.25, 0.3) is 0 Å². The minimum Gasteiger partial charge on any atom is -0.325 e. The minimum atomic E-state index is -0.883. The molecule has 2 rings (SSSR count). The fourth-order valence-electron chi connectivity index (χ4n) is 1.38. The van der Waals surface area contributed by atoms with Crippen molar-refractivity contribution < 1.29 is 4.79 Å². The predicted octanol–water partition coefficient (Wildman–Crippen LogP) is 3.70. The molecule has 4 nitrogen and oxygen atoms in total. The fraction of sp³-hybridized carbons (Fsp3) is 0.286. The lowest BCUT2D eigenvalue weighted by molar-refractivity contribution is -0.120. The van der Waals surface area contributed by atoms with Crippen molar-refractivity contribution in [2.24, 2.45) is 5.73 Å². The van der Waals surface area contributed by atoms with Crippen LogP contribution in [0.15, 0.2) is 38.9 Å². The summed E-state index contributed by atoms with van der Waals surface area (Å²) >= 11 is 3.24. The van der Waals surface area contributed by atoms with Gasteiger partial charge in [0, 0.05) is 21.7 Å². The molecule has 0 atom stereocenters. The van der Waals surface area contributed by atoms with E-state index in [2.05, 4.69) is 10.3 Å². The second kappa shape index (κ2) is 7.26. The highest BCUT2D eigenvalue weighted by Crippen LogP contribution is 2.30. The monoisotopic (exact) mass is 343 g/mol. The molecule has 1 amide bonds. The lowest BCUT2D eigenvalue weighted by Crippen LogP contribution is -2.45. The highest BCUT2D eigenvalue weighted by molar-refractivity contribution is 8.01. The Bertz CT molecular complexity index is 605. The molecule has 0 bridgehead atoms. The van der Waals surface area contributed by atoms with Gasteiger partial charge >= 0.3 is 0 Å². The van der Waals surface area contributed by atoms with Crippen LogP contribution in [0.3, 0.4) is 0 Å². The van der Waals surface area contributed by atoms with Crippen LogP contribution in [0.4, 0.5) is 5.69 Å². The third-order valence-electron chi connectivity index (χ3n) is 2.50. The molecule has 0 fully saturated rings. The summed E-state index contributed by atoms with van der Waals surface area (Å²) in [7, 11) is 0. The van der Waals surface area contributed by atoms with E-state index in [-0.39, 0.29) is 18.3 Å². The van der Waals surface area contributed by atoms with E-state index in [1.54, 1.807) is 36.9 Å². The summed E-state index contributed by atoms with van der Waals surface area (Å²) in [5.41, 5.74) is 6.63. The summed E-state index contributed by atoms with van der Waals surface area (Å²) in [6.45, 7) is 5.34. The van der Waals surface area contributed by atoms with Crippen LogP contribution in [-0.2, 0) is 4.79 Å². The number of nitrogens with one attached hydrogen (secondary N) is 1. The van der Waals surface area contributed by atoms with Crippen molar-refractivity contribution in [2.45, 2.75) is 35.5 Å². The van der Waals surface area contributed by atoms with Crippen LogP contribution >= 0.6 is 35.5 Å². The number of thiazole rings is 1. The Morgan fingerprint density at radius 3 is 2.43 bits per heavy atom. The van der Waals surface area contributed by atoms with Gasteiger partial charge in [0.05, 0.1) is 5.54 Å². The van der Waals surface area contributed by atoms with Gasteiger partial charge in [0.2, 0.25) is 5.91 Å². The molecule has 114 valence electrons. The SMILES string of the molecule is Cc1csc(Sc2ccc(NC(=O)C(C)(C)N)cc2)n1.Cl. The molecule has 2 aromatic rings. The second-order valence-corrected chi connectivity index (χ2v) is 7.24. The van der Waals surface area contributed by atoms with Gasteiger partial charge in [0.15, 0.2) is 4.34 Å². The van der Waals surface area contributed by atoms with Gasteiger partial charge in [-0.25, -0.2) is 4.98 Å². The van der Waals surface area contributed by atoms with Crippen molar-refractivity contribution in [3.8, 4) is 0 Å². The van der Waals surface area contributed by atoms with Crippen molar-refractivity contribution in [2.75, 3.05) is 5.32 Å². The number of benzene rings is 1. The Hall–Kier alpha value is -1.08. The first-order chi connectivity index (χ1) is 9.34. The van der Waals surface area contributed by atoms with Crippen LogP contribution in [0, 0.1) is 6.92 Å². The molecular formula is C14H18ClN3OS2. The van der Waals surface area contributed by atoms with Gasteiger partial charge < -0.3 is 11.1 Å². The second-order valence-electron chi connectivity index (χ2n) is 5.06. The van der Waals surface area contributed by atoms with Gasteiger partial charge in [-0.05, 0) is 45.0 Å². The fourth-order valence-corrected chi connectivity index (χ4v) is 3.19. The zero-order chi connectivity index (χ0) is 14.8. The number of anilines is 1. The summed E-state index contributed by atoms with van der Waals surface area (Å²) in [5.74, 6) is -0.201. The number of hydrogen-bond donors (Lipinski definition) is 2. The zero-order valence-electron chi connectivity index (χ0n) is 12.0. The molecule has 1 aromatic heterocycles. The Morgan fingerprint density at radius 1 is 1.33 bits per heavy atom. The van der Waals surface area contributed by atoms with E-state index in [1.807, 2.05) is 36.6 Å². The molecular weight excluding hydrogens is 326 g/mol. The lowest BCUT2D eigenvalue weighted by atomic mass is 10.1. The van der Waals surface area contributed by atoms with Crippen LogP contribution in [0.1, 0.15) is 19.5 Å². The number of aryl methyl sites for hydroxylation is 1. The summed E-state index contributed by atoms with van der Waals surface area (Å²) in [6.07, 6.45) is 0. The summed E-state index contributed by atoms with van der Waals surface area (Å²) < 4.78 is 1.02. The van der Waals surface area contributed by atoms with Crippen LogP contribution < -0.4 is 11.1 Å². The molecule has 1 heterocycles. The molecule has 0 saturated heterocycles. The van der Waals surface area contributed by atoms with E-state index >= 15 is 0 Å². The number of carbonyl (C=O) groups is 1. The number of halogens is 1. The van der Waals surface area contributed by atoms with E-state index in [0.29, 0.717) is 0 Å². The summed E-state index contributed by atoms with van der Waals surface area (Å²) in [6, 6.07) is 7.65.